The Bertz CT molecular complexity index is 1060. The van der Waals surface area contributed by atoms with Crippen molar-refractivity contribution in [3.63, 3.8) is 0 Å². The first-order valence-corrected chi connectivity index (χ1v) is 12.1. The van der Waals surface area contributed by atoms with Crippen molar-refractivity contribution < 1.29 is 9.53 Å². The Morgan fingerprint density at radius 2 is 1.55 bits per heavy atom. The quantitative estimate of drug-likeness (QED) is 0.551. The zero-order valence-electron chi connectivity index (χ0n) is 19.2. The van der Waals surface area contributed by atoms with Crippen LogP contribution in [-0.2, 0) is 22.4 Å². The number of carbonyl (C=O) groups is 1. The first-order valence-electron chi connectivity index (χ1n) is 12.1. The van der Waals surface area contributed by atoms with E-state index >= 15 is 0 Å². The zero-order chi connectivity index (χ0) is 22.5. The molecule has 2 aliphatic heterocycles. The molecule has 2 heterocycles. The van der Waals surface area contributed by atoms with Crippen molar-refractivity contribution in [3.8, 4) is 11.1 Å². The van der Waals surface area contributed by atoms with Crippen LogP contribution < -0.4 is 4.90 Å². The summed E-state index contributed by atoms with van der Waals surface area (Å²) in [4.78, 5) is 17.9. The van der Waals surface area contributed by atoms with Gasteiger partial charge in [0.25, 0.3) is 0 Å². The molecule has 0 aliphatic carbocycles. The Hall–Kier alpha value is -2.95. The fourth-order valence-corrected chi connectivity index (χ4v) is 5.07. The molecule has 3 aromatic rings. The van der Waals surface area contributed by atoms with Gasteiger partial charge < -0.3 is 9.64 Å². The molecule has 1 fully saturated rings. The number of rotatable bonds is 6. The summed E-state index contributed by atoms with van der Waals surface area (Å²) in [6.07, 6.45) is 2.34. The van der Waals surface area contributed by atoms with Crippen molar-refractivity contribution in [2.75, 3.05) is 44.3 Å². The highest BCUT2D eigenvalue weighted by molar-refractivity contribution is 5.94. The molecular weight excluding hydrogens is 408 g/mol. The van der Waals surface area contributed by atoms with E-state index in [4.69, 9.17) is 4.74 Å². The number of para-hydroxylation sites is 1. The predicted molar refractivity (Wildman–Crippen MR) is 133 cm³/mol. The van der Waals surface area contributed by atoms with E-state index in [0.29, 0.717) is 12.3 Å². The molecule has 0 N–H and O–H groups in total. The second-order valence-electron chi connectivity index (χ2n) is 9.18. The number of morpholine rings is 1. The van der Waals surface area contributed by atoms with Crippen molar-refractivity contribution in [2.24, 2.45) is 5.92 Å². The molecule has 0 radical (unpaired) electrons. The lowest BCUT2D eigenvalue weighted by atomic mass is 9.91. The van der Waals surface area contributed by atoms with Gasteiger partial charge in [0.1, 0.15) is 0 Å². The minimum absolute atomic E-state index is 0.223. The second kappa shape index (κ2) is 10.3. The highest BCUT2D eigenvalue weighted by atomic mass is 16.5. The molecule has 0 saturated carbocycles. The van der Waals surface area contributed by atoms with Gasteiger partial charge in [-0.1, -0.05) is 72.8 Å². The van der Waals surface area contributed by atoms with E-state index in [9.17, 15) is 4.79 Å². The molecule has 1 unspecified atom stereocenters. The molecule has 4 nitrogen and oxygen atoms in total. The molecule has 0 bridgehead atoms. The average molecular weight is 441 g/mol. The Morgan fingerprint density at radius 3 is 2.33 bits per heavy atom. The highest BCUT2D eigenvalue weighted by Crippen LogP contribution is 2.31. The zero-order valence-corrected chi connectivity index (χ0v) is 19.2. The van der Waals surface area contributed by atoms with Crippen LogP contribution >= 0.6 is 0 Å². The van der Waals surface area contributed by atoms with Crippen LogP contribution in [0.1, 0.15) is 17.5 Å². The largest absolute Gasteiger partial charge is 0.379 e. The van der Waals surface area contributed by atoms with Crippen molar-refractivity contribution in [1.29, 1.82) is 0 Å². The van der Waals surface area contributed by atoms with E-state index in [-0.39, 0.29) is 5.91 Å². The minimum atomic E-state index is 0.223. The lowest BCUT2D eigenvalue weighted by Crippen LogP contribution is -2.46. The summed E-state index contributed by atoms with van der Waals surface area (Å²) in [5, 5.41) is 0. The third-order valence-corrected chi connectivity index (χ3v) is 6.84. The number of fused-ring (bicyclic) bond motifs is 1. The summed E-state index contributed by atoms with van der Waals surface area (Å²) in [7, 11) is 0. The highest BCUT2D eigenvalue weighted by Gasteiger charge is 2.29. The lowest BCUT2D eigenvalue weighted by molar-refractivity contribution is -0.118. The van der Waals surface area contributed by atoms with E-state index in [1.54, 1.807) is 0 Å². The maximum absolute atomic E-state index is 13.4. The van der Waals surface area contributed by atoms with E-state index in [2.05, 4.69) is 71.6 Å². The SMILES string of the molecule is O=C(CCc1ccc(-c2ccccc2)cc1)N1CC(CN2CCOCC2)Cc2ccccc21. The first kappa shape index (κ1) is 21.9. The summed E-state index contributed by atoms with van der Waals surface area (Å²) in [6.45, 7) is 5.45. The van der Waals surface area contributed by atoms with E-state index in [0.717, 1.165) is 57.9 Å². The Labute approximate surface area is 196 Å². The smallest absolute Gasteiger partial charge is 0.227 e. The summed E-state index contributed by atoms with van der Waals surface area (Å²) < 4.78 is 5.50. The van der Waals surface area contributed by atoms with E-state index < -0.39 is 0 Å². The second-order valence-corrected chi connectivity index (χ2v) is 9.18. The Kier molecular flexibility index (Phi) is 6.84. The number of benzene rings is 3. The summed E-state index contributed by atoms with van der Waals surface area (Å²) in [6, 6.07) is 27.4. The number of carbonyl (C=O) groups excluding carboxylic acids is 1. The number of aryl methyl sites for hydroxylation is 1. The van der Waals surface area contributed by atoms with Crippen molar-refractivity contribution in [2.45, 2.75) is 19.3 Å². The van der Waals surface area contributed by atoms with Crippen LogP contribution in [0, 0.1) is 5.92 Å². The molecular formula is C29H32N2O2. The summed E-state index contributed by atoms with van der Waals surface area (Å²) in [5.41, 5.74) is 6.03. The van der Waals surface area contributed by atoms with Crippen molar-refractivity contribution >= 4 is 11.6 Å². The molecule has 1 saturated heterocycles. The van der Waals surface area contributed by atoms with Gasteiger partial charge in [0.15, 0.2) is 0 Å². The molecule has 33 heavy (non-hydrogen) atoms. The number of hydrogen-bond donors (Lipinski definition) is 0. The fourth-order valence-electron chi connectivity index (χ4n) is 5.07. The summed E-state index contributed by atoms with van der Waals surface area (Å²) >= 11 is 0. The fraction of sp³-hybridized carbons (Fsp3) is 0.345. The standard InChI is InChI=1S/C29H32N2O2/c32-29(15-12-23-10-13-26(14-11-23)25-6-2-1-3-7-25)31-22-24(21-30-16-18-33-19-17-30)20-27-8-4-5-9-28(27)31/h1-11,13-14,24H,12,15-22H2. The third kappa shape index (κ3) is 5.35. The van der Waals surface area contributed by atoms with E-state index in [1.165, 1.54) is 22.3 Å². The predicted octanol–water partition coefficient (Wildman–Crippen LogP) is 4.82. The van der Waals surface area contributed by atoms with Crippen LogP contribution in [0.2, 0.25) is 0 Å². The monoisotopic (exact) mass is 440 g/mol. The lowest BCUT2D eigenvalue weighted by Gasteiger charge is -2.38. The molecule has 0 aromatic heterocycles. The molecule has 5 rings (SSSR count). The minimum Gasteiger partial charge on any atom is -0.379 e. The molecule has 170 valence electrons. The number of hydrogen-bond acceptors (Lipinski definition) is 3. The van der Waals surface area contributed by atoms with Gasteiger partial charge in [0.05, 0.1) is 13.2 Å². The number of nitrogens with zero attached hydrogens (tertiary/aromatic N) is 2. The summed E-state index contributed by atoms with van der Waals surface area (Å²) in [5.74, 6) is 0.688. The maximum atomic E-state index is 13.4. The van der Waals surface area contributed by atoms with E-state index in [1.807, 2.05) is 17.0 Å². The van der Waals surface area contributed by atoms with Gasteiger partial charge in [0, 0.05) is 38.3 Å². The first-order chi connectivity index (χ1) is 16.3. The Morgan fingerprint density at radius 1 is 0.848 bits per heavy atom. The normalized spacial score (nSPS) is 18.7. The molecule has 2 aliphatic rings. The van der Waals surface area contributed by atoms with Crippen LogP contribution in [0.25, 0.3) is 11.1 Å². The maximum Gasteiger partial charge on any atom is 0.227 e. The molecule has 4 heteroatoms. The van der Waals surface area contributed by atoms with Gasteiger partial charge in [-0.3, -0.25) is 9.69 Å². The van der Waals surface area contributed by atoms with Gasteiger partial charge in [-0.15, -0.1) is 0 Å². The average Bonchev–Trinajstić information content (AvgIpc) is 2.88. The van der Waals surface area contributed by atoms with Crippen LogP contribution in [0.5, 0.6) is 0 Å². The third-order valence-electron chi connectivity index (χ3n) is 6.84. The number of anilines is 1. The van der Waals surface area contributed by atoms with Crippen molar-refractivity contribution in [3.05, 3.63) is 90.0 Å². The Balaban J connectivity index is 1.24. The van der Waals surface area contributed by atoms with Crippen molar-refractivity contribution in [1.82, 2.24) is 4.90 Å². The van der Waals surface area contributed by atoms with Gasteiger partial charge in [-0.25, -0.2) is 0 Å². The number of ether oxygens (including phenoxy) is 1. The van der Waals surface area contributed by atoms with Gasteiger partial charge >= 0.3 is 0 Å². The van der Waals surface area contributed by atoms with Crippen LogP contribution in [0.15, 0.2) is 78.9 Å². The molecule has 0 spiro atoms. The topological polar surface area (TPSA) is 32.8 Å². The van der Waals surface area contributed by atoms with Gasteiger partial charge in [0.2, 0.25) is 5.91 Å². The van der Waals surface area contributed by atoms with Crippen LogP contribution in [0.3, 0.4) is 0 Å². The van der Waals surface area contributed by atoms with Crippen LogP contribution in [0.4, 0.5) is 5.69 Å². The van der Waals surface area contributed by atoms with Gasteiger partial charge in [-0.05, 0) is 47.1 Å². The number of amides is 1. The molecule has 3 aromatic carbocycles. The molecule has 1 atom stereocenters. The molecule has 1 amide bonds. The van der Waals surface area contributed by atoms with Gasteiger partial charge in [-0.2, -0.15) is 0 Å². The van der Waals surface area contributed by atoms with Crippen LogP contribution in [-0.4, -0.2) is 50.2 Å².